The first kappa shape index (κ1) is 18.5. The van der Waals surface area contributed by atoms with Gasteiger partial charge in [-0.05, 0) is 37.1 Å². The number of epoxide rings is 1. The van der Waals surface area contributed by atoms with Crippen molar-refractivity contribution >= 4 is 11.6 Å². The second kappa shape index (κ2) is 6.61. The Bertz CT molecular complexity index is 877. The lowest BCUT2D eigenvalue weighted by Crippen LogP contribution is -2.34. The second-order valence-corrected chi connectivity index (χ2v) is 7.13. The van der Waals surface area contributed by atoms with E-state index in [4.69, 9.17) is 21.1 Å². The van der Waals surface area contributed by atoms with Gasteiger partial charge < -0.3 is 9.47 Å². The van der Waals surface area contributed by atoms with Crippen LogP contribution in [0.15, 0.2) is 24.5 Å². The second-order valence-electron chi connectivity index (χ2n) is 6.77. The van der Waals surface area contributed by atoms with Crippen molar-refractivity contribution in [2.45, 2.75) is 44.9 Å². The van der Waals surface area contributed by atoms with Crippen LogP contribution in [-0.2, 0) is 11.3 Å². The molecule has 2 aromatic heterocycles. The fourth-order valence-electron chi connectivity index (χ4n) is 3.54. The van der Waals surface area contributed by atoms with Crippen LogP contribution in [0.2, 0.25) is 5.15 Å². The highest BCUT2D eigenvalue weighted by Gasteiger charge is 2.52. The van der Waals surface area contributed by atoms with Gasteiger partial charge in [-0.15, -0.1) is 0 Å². The number of aromatic nitrogens is 2. The van der Waals surface area contributed by atoms with Gasteiger partial charge in [0.05, 0.1) is 0 Å². The van der Waals surface area contributed by atoms with Gasteiger partial charge in [0.1, 0.15) is 17.5 Å². The van der Waals surface area contributed by atoms with Gasteiger partial charge in [-0.1, -0.05) is 11.6 Å². The van der Waals surface area contributed by atoms with E-state index in [0.29, 0.717) is 17.3 Å². The molecule has 0 spiro atoms. The lowest BCUT2D eigenvalue weighted by Gasteiger charge is -2.32. The molecule has 0 saturated carbocycles. The fourth-order valence-corrected chi connectivity index (χ4v) is 3.86. The molecule has 144 valence electrons. The molecule has 3 unspecified atom stereocenters. The number of fused-ring (bicyclic) bond motifs is 3. The van der Waals surface area contributed by atoms with Crippen molar-refractivity contribution < 1.29 is 22.6 Å². The maximum Gasteiger partial charge on any atom is 0.422 e. The van der Waals surface area contributed by atoms with E-state index in [-0.39, 0.29) is 24.3 Å². The molecule has 9 heteroatoms. The molecule has 2 aromatic rings. The summed E-state index contributed by atoms with van der Waals surface area (Å²) < 4.78 is 47.5. The smallest absolute Gasteiger partial charge is 0.422 e. The van der Waals surface area contributed by atoms with E-state index >= 15 is 0 Å². The lowest BCUT2D eigenvalue weighted by molar-refractivity contribution is -0.154. The third-order valence-electron chi connectivity index (χ3n) is 4.82. The Labute approximate surface area is 159 Å². The van der Waals surface area contributed by atoms with Crippen LogP contribution < -0.4 is 4.74 Å². The Kier molecular flexibility index (Phi) is 4.52. The zero-order valence-electron chi connectivity index (χ0n) is 14.6. The van der Waals surface area contributed by atoms with Crippen molar-refractivity contribution in [3.63, 3.8) is 0 Å². The first-order valence-corrected chi connectivity index (χ1v) is 8.83. The van der Waals surface area contributed by atoms with Gasteiger partial charge in [0.25, 0.3) is 0 Å². The predicted octanol–water partition coefficient (Wildman–Crippen LogP) is 4.35. The number of nitrogens with zero attached hydrogens (tertiary/aromatic N) is 3. The van der Waals surface area contributed by atoms with E-state index in [1.54, 1.807) is 19.2 Å². The van der Waals surface area contributed by atoms with Gasteiger partial charge in [-0.2, -0.15) is 13.2 Å². The zero-order valence-corrected chi connectivity index (χ0v) is 15.4. The highest BCUT2D eigenvalue weighted by atomic mass is 35.5. The summed E-state index contributed by atoms with van der Waals surface area (Å²) in [6.07, 6.45) is -1.26. The Morgan fingerprint density at radius 1 is 1.33 bits per heavy atom. The maximum absolute atomic E-state index is 12.3. The summed E-state index contributed by atoms with van der Waals surface area (Å²) in [6.45, 7) is 2.88. The van der Waals surface area contributed by atoms with Gasteiger partial charge in [0.2, 0.25) is 5.88 Å². The summed E-state index contributed by atoms with van der Waals surface area (Å²) in [5, 5.41) is 0.462. The van der Waals surface area contributed by atoms with Crippen LogP contribution in [0.5, 0.6) is 5.88 Å². The quantitative estimate of drug-likeness (QED) is 0.565. The number of rotatable bonds is 4. The van der Waals surface area contributed by atoms with Gasteiger partial charge in [0.15, 0.2) is 6.61 Å². The number of hydrogen-bond acceptors (Lipinski definition) is 5. The zero-order chi connectivity index (χ0) is 19.3. The van der Waals surface area contributed by atoms with Crippen LogP contribution in [0.3, 0.4) is 0 Å². The Morgan fingerprint density at radius 3 is 2.81 bits per heavy atom. The van der Waals surface area contributed by atoms with Crippen LogP contribution in [0.1, 0.15) is 41.3 Å². The molecule has 1 saturated heterocycles. The summed E-state index contributed by atoms with van der Waals surface area (Å²) in [6, 6.07) is 3.70. The minimum atomic E-state index is -4.39. The van der Waals surface area contributed by atoms with Crippen LogP contribution in [0.25, 0.3) is 0 Å². The van der Waals surface area contributed by atoms with Crippen molar-refractivity contribution in [2.24, 2.45) is 0 Å². The molecule has 2 aliphatic rings. The van der Waals surface area contributed by atoms with Crippen molar-refractivity contribution in [3.8, 4) is 5.88 Å². The Morgan fingerprint density at radius 2 is 2.11 bits per heavy atom. The predicted molar refractivity (Wildman–Crippen MR) is 91.3 cm³/mol. The van der Waals surface area contributed by atoms with Crippen LogP contribution in [0.4, 0.5) is 13.2 Å². The molecule has 3 atom stereocenters. The fraction of sp³-hybridized carbons (Fsp3) is 0.444. The molecule has 0 bridgehead atoms. The SMILES string of the molecule is Cc1cc(CN2C(C)c3c(ccnc3Cl)C3OC32)cnc1OCC(F)(F)F. The largest absolute Gasteiger partial charge is 0.468 e. The van der Waals surface area contributed by atoms with E-state index in [0.717, 1.165) is 16.7 Å². The molecule has 27 heavy (non-hydrogen) atoms. The third-order valence-corrected chi connectivity index (χ3v) is 5.12. The highest BCUT2D eigenvalue weighted by Crippen LogP contribution is 2.52. The van der Waals surface area contributed by atoms with Crippen molar-refractivity contribution in [1.82, 2.24) is 14.9 Å². The highest BCUT2D eigenvalue weighted by molar-refractivity contribution is 6.30. The van der Waals surface area contributed by atoms with E-state index in [2.05, 4.69) is 14.9 Å². The summed E-state index contributed by atoms with van der Waals surface area (Å²) in [4.78, 5) is 10.4. The van der Waals surface area contributed by atoms with Crippen molar-refractivity contribution in [3.05, 3.63) is 51.9 Å². The maximum atomic E-state index is 12.3. The molecule has 4 rings (SSSR count). The number of pyridine rings is 2. The number of aryl methyl sites for hydroxylation is 1. The molecule has 4 heterocycles. The van der Waals surface area contributed by atoms with Crippen LogP contribution >= 0.6 is 11.6 Å². The van der Waals surface area contributed by atoms with E-state index in [1.807, 2.05) is 13.0 Å². The monoisotopic (exact) mass is 399 g/mol. The molecular weight excluding hydrogens is 383 g/mol. The minimum Gasteiger partial charge on any atom is -0.468 e. The Balaban J connectivity index is 1.52. The summed E-state index contributed by atoms with van der Waals surface area (Å²) in [7, 11) is 0. The van der Waals surface area contributed by atoms with Gasteiger partial charge >= 0.3 is 6.18 Å². The minimum absolute atomic E-state index is 0.00795. The van der Waals surface area contributed by atoms with E-state index in [9.17, 15) is 13.2 Å². The molecular formula is C18H17ClF3N3O2. The van der Waals surface area contributed by atoms with Gasteiger partial charge in [0, 0.05) is 36.1 Å². The average Bonchev–Trinajstić information content (AvgIpc) is 3.37. The molecule has 0 aliphatic carbocycles. The van der Waals surface area contributed by atoms with Crippen LogP contribution in [-0.4, -0.2) is 33.9 Å². The average molecular weight is 400 g/mol. The summed E-state index contributed by atoms with van der Waals surface area (Å²) >= 11 is 6.29. The number of ether oxygens (including phenoxy) is 2. The molecule has 0 aromatic carbocycles. The number of hydrogen-bond donors (Lipinski definition) is 0. The van der Waals surface area contributed by atoms with E-state index < -0.39 is 12.8 Å². The lowest BCUT2D eigenvalue weighted by atomic mass is 9.95. The summed E-state index contributed by atoms with van der Waals surface area (Å²) in [5.41, 5.74) is 3.42. The number of alkyl halides is 3. The normalized spacial score (nSPS) is 24.3. The standard InChI is InChI=1S/C18H17ClF3N3O2/c1-9-5-11(6-24-16(9)26-8-18(20,21)22)7-25-10(2)13-12(14-17(25)27-14)3-4-23-15(13)19/h3-6,10,14,17H,7-8H2,1-2H3. The molecule has 2 aliphatic heterocycles. The first-order valence-electron chi connectivity index (χ1n) is 8.45. The molecule has 0 radical (unpaired) electrons. The van der Waals surface area contributed by atoms with Crippen LogP contribution in [0, 0.1) is 6.92 Å². The Hall–Kier alpha value is -1.90. The van der Waals surface area contributed by atoms with Gasteiger partial charge in [-0.3, -0.25) is 4.90 Å². The van der Waals surface area contributed by atoms with Crippen molar-refractivity contribution in [1.29, 1.82) is 0 Å². The molecule has 0 amide bonds. The molecule has 5 nitrogen and oxygen atoms in total. The van der Waals surface area contributed by atoms with Crippen molar-refractivity contribution in [2.75, 3.05) is 6.61 Å². The topological polar surface area (TPSA) is 50.8 Å². The summed E-state index contributed by atoms with van der Waals surface area (Å²) in [5.74, 6) is -0.0130. The molecule has 0 N–H and O–H groups in total. The van der Waals surface area contributed by atoms with Gasteiger partial charge in [-0.25, -0.2) is 9.97 Å². The first-order chi connectivity index (χ1) is 12.7. The molecule has 1 fully saturated rings. The number of halogens is 4. The third kappa shape index (κ3) is 3.61. The van der Waals surface area contributed by atoms with E-state index in [1.165, 1.54) is 6.20 Å².